The Morgan fingerprint density at radius 1 is 1.47 bits per heavy atom. The predicted molar refractivity (Wildman–Crippen MR) is 49.1 cm³/mol. The molecule has 5 heteroatoms. The molecule has 3 nitrogen and oxygen atoms in total. The number of aromatic carboxylic acids is 1. The van der Waals surface area contributed by atoms with Gasteiger partial charge < -0.3 is 9.84 Å². The lowest BCUT2D eigenvalue weighted by Gasteiger charge is -2.07. The average molecular weight is 216 g/mol. The lowest BCUT2D eigenvalue weighted by atomic mass is 10.2. The van der Waals surface area contributed by atoms with Crippen LogP contribution in [0.25, 0.3) is 0 Å². The molecule has 1 aromatic carbocycles. The number of hydrogen-bond donors (Lipinski definition) is 1. The van der Waals surface area contributed by atoms with Crippen LogP contribution in [0.2, 0.25) is 0 Å². The average Bonchev–Trinajstić information content (AvgIpc) is 2.16. The number of hydrogen-bond acceptors (Lipinski definition) is 2. The molecule has 0 spiro atoms. The third-order valence-electron chi connectivity index (χ3n) is 1.73. The molecule has 0 aromatic heterocycles. The van der Waals surface area contributed by atoms with Crippen molar-refractivity contribution in [2.45, 2.75) is 13.3 Å². The number of carboxylic acids is 1. The zero-order chi connectivity index (χ0) is 11.4. The van der Waals surface area contributed by atoms with Crippen LogP contribution < -0.4 is 4.74 Å². The summed E-state index contributed by atoms with van der Waals surface area (Å²) >= 11 is 0. The number of halogens is 2. The van der Waals surface area contributed by atoms with E-state index in [1.54, 1.807) is 0 Å². The van der Waals surface area contributed by atoms with Gasteiger partial charge in [0.1, 0.15) is 11.4 Å². The Morgan fingerprint density at radius 3 is 2.67 bits per heavy atom. The minimum Gasteiger partial charge on any atom is -0.490 e. The van der Waals surface area contributed by atoms with Gasteiger partial charge in [0.25, 0.3) is 0 Å². The normalized spacial score (nSPS) is 10.1. The summed E-state index contributed by atoms with van der Waals surface area (Å²) in [6, 6.07) is 1.95. The molecule has 1 N–H and O–H groups in total. The van der Waals surface area contributed by atoms with Crippen molar-refractivity contribution in [1.82, 2.24) is 0 Å². The molecule has 0 fully saturated rings. The van der Waals surface area contributed by atoms with Crippen molar-refractivity contribution in [3.05, 3.63) is 29.3 Å². The third-order valence-corrected chi connectivity index (χ3v) is 1.73. The van der Waals surface area contributed by atoms with Crippen molar-refractivity contribution in [3.8, 4) is 5.75 Å². The van der Waals surface area contributed by atoms with E-state index in [1.807, 2.05) is 6.92 Å². The molecule has 0 aliphatic heterocycles. The Balaban J connectivity index is 3.11. The second-order valence-corrected chi connectivity index (χ2v) is 2.89. The van der Waals surface area contributed by atoms with E-state index in [4.69, 9.17) is 9.84 Å². The maximum absolute atomic E-state index is 13.4. The van der Waals surface area contributed by atoms with Crippen LogP contribution in [0.1, 0.15) is 23.7 Å². The van der Waals surface area contributed by atoms with Crippen LogP contribution in [0.4, 0.5) is 8.78 Å². The zero-order valence-corrected chi connectivity index (χ0v) is 8.09. The van der Waals surface area contributed by atoms with Crippen molar-refractivity contribution >= 4 is 5.97 Å². The van der Waals surface area contributed by atoms with Gasteiger partial charge in [-0.3, -0.25) is 0 Å². The van der Waals surface area contributed by atoms with Crippen molar-refractivity contribution in [3.63, 3.8) is 0 Å². The molecule has 15 heavy (non-hydrogen) atoms. The third kappa shape index (κ3) is 2.43. The standard InChI is InChI=1S/C10H10F2O3/c1-2-5-15-7-4-3-6(11)8(9(7)12)10(13)14/h3-4H,2,5H2,1H3,(H,13,14). The highest BCUT2D eigenvalue weighted by Crippen LogP contribution is 2.23. The fourth-order valence-electron chi connectivity index (χ4n) is 1.05. The predicted octanol–water partition coefficient (Wildman–Crippen LogP) is 2.45. The molecule has 0 radical (unpaired) electrons. The van der Waals surface area contributed by atoms with Crippen molar-refractivity contribution < 1.29 is 23.4 Å². The minimum atomic E-state index is -1.65. The lowest BCUT2D eigenvalue weighted by molar-refractivity contribution is 0.0685. The summed E-state index contributed by atoms with van der Waals surface area (Å²) in [6.45, 7) is 2.07. The Labute approximate surface area is 85.3 Å². The molecule has 0 aliphatic carbocycles. The molecule has 0 aliphatic rings. The summed E-state index contributed by atoms with van der Waals surface area (Å²) in [5.41, 5.74) is -0.983. The first-order chi connectivity index (χ1) is 7.07. The van der Waals surface area contributed by atoms with Crippen molar-refractivity contribution in [1.29, 1.82) is 0 Å². The summed E-state index contributed by atoms with van der Waals surface area (Å²) < 4.78 is 31.2. The molecule has 0 heterocycles. The van der Waals surface area contributed by atoms with Gasteiger partial charge in [-0.2, -0.15) is 0 Å². The molecule has 0 atom stereocenters. The quantitative estimate of drug-likeness (QED) is 0.840. The van der Waals surface area contributed by atoms with Crippen molar-refractivity contribution in [2.75, 3.05) is 6.61 Å². The fourth-order valence-corrected chi connectivity index (χ4v) is 1.05. The highest BCUT2D eigenvalue weighted by Gasteiger charge is 2.20. The van der Waals surface area contributed by atoms with E-state index in [0.29, 0.717) is 6.42 Å². The maximum atomic E-state index is 13.4. The minimum absolute atomic E-state index is 0.240. The van der Waals surface area contributed by atoms with E-state index in [2.05, 4.69) is 0 Å². The number of rotatable bonds is 4. The topological polar surface area (TPSA) is 46.5 Å². The second-order valence-electron chi connectivity index (χ2n) is 2.89. The van der Waals surface area contributed by atoms with E-state index in [0.717, 1.165) is 12.1 Å². The Hall–Kier alpha value is -1.65. The summed E-state index contributed by atoms with van der Waals surface area (Å²) in [5.74, 6) is -4.16. The van der Waals surface area contributed by atoms with E-state index < -0.39 is 23.2 Å². The molecule has 0 unspecified atom stereocenters. The molecular weight excluding hydrogens is 206 g/mol. The number of ether oxygens (including phenoxy) is 1. The molecular formula is C10H10F2O3. The van der Waals surface area contributed by atoms with Crippen LogP contribution in [-0.2, 0) is 0 Å². The van der Waals surface area contributed by atoms with E-state index in [1.165, 1.54) is 0 Å². The summed E-state index contributed by atoms with van der Waals surface area (Å²) in [4.78, 5) is 10.5. The maximum Gasteiger partial charge on any atom is 0.341 e. The van der Waals surface area contributed by atoms with E-state index in [9.17, 15) is 13.6 Å². The molecule has 1 aromatic rings. The first-order valence-electron chi connectivity index (χ1n) is 4.42. The van der Waals surface area contributed by atoms with Gasteiger partial charge in [0.05, 0.1) is 6.61 Å². The summed E-state index contributed by atoms with van der Waals surface area (Å²) in [6.07, 6.45) is 0.652. The van der Waals surface area contributed by atoms with Gasteiger partial charge in [-0.25, -0.2) is 13.6 Å². The highest BCUT2D eigenvalue weighted by atomic mass is 19.1. The molecule has 0 saturated heterocycles. The largest absolute Gasteiger partial charge is 0.490 e. The summed E-state index contributed by atoms with van der Waals surface area (Å²) in [7, 11) is 0. The molecule has 82 valence electrons. The number of benzene rings is 1. The molecule has 0 amide bonds. The van der Waals surface area contributed by atoms with Gasteiger partial charge in [0, 0.05) is 0 Å². The van der Waals surface area contributed by atoms with E-state index in [-0.39, 0.29) is 12.4 Å². The van der Waals surface area contributed by atoms with Crippen molar-refractivity contribution in [2.24, 2.45) is 0 Å². The molecule has 1 rings (SSSR count). The van der Waals surface area contributed by atoms with Gasteiger partial charge in [-0.15, -0.1) is 0 Å². The van der Waals surface area contributed by atoms with Crippen LogP contribution in [0.15, 0.2) is 12.1 Å². The molecule has 0 saturated carbocycles. The number of carbonyl (C=O) groups is 1. The van der Waals surface area contributed by atoms with Gasteiger partial charge >= 0.3 is 5.97 Å². The van der Waals surface area contributed by atoms with Crippen LogP contribution in [0, 0.1) is 11.6 Å². The SMILES string of the molecule is CCCOc1ccc(F)c(C(=O)O)c1F. The van der Waals surface area contributed by atoms with Gasteiger partial charge in [0.2, 0.25) is 0 Å². The van der Waals surface area contributed by atoms with Crippen LogP contribution >= 0.6 is 0 Å². The molecule has 0 bridgehead atoms. The van der Waals surface area contributed by atoms with Crippen LogP contribution in [-0.4, -0.2) is 17.7 Å². The van der Waals surface area contributed by atoms with Gasteiger partial charge in [-0.1, -0.05) is 6.92 Å². The highest BCUT2D eigenvalue weighted by molar-refractivity contribution is 5.88. The first-order valence-corrected chi connectivity index (χ1v) is 4.42. The Morgan fingerprint density at radius 2 is 2.13 bits per heavy atom. The lowest BCUT2D eigenvalue weighted by Crippen LogP contribution is -2.07. The first kappa shape index (κ1) is 11.4. The van der Waals surface area contributed by atoms with Gasteiger partial charge in [0.15, 0.2) is 11.6 Å². The monoisotopic (exact) mass is 216 g/mol. The van der Waals surface area contributed by atoms with Gasteiger partial charge in [-0.05, 0) is 18.6 Å². The smallest absolute Gasteiger partial charge is 0.341 e. The van der Waals surface area contributed by atoms with E-state index >= 15 is 0 Å². The Bertz CT molecular complexity index is 377. The number of carboxylic acid groups (broad SMARTS) is 1. The fraction of sp³-hybridized carbons (Fsp3) is 0.300. The van der Waals surface area contributed by atoms with Crippen LogP contribution in [0.5, 0.6) is 5.75 Å². The Kier molecular flexibility index (Phi) is 3.60. The van der Waals surface area contributed by atoms with Crippen LogP contribution in [0.3, 0.4) is 0 Å². The zero-order valence-electron chi connectivity index (χ0n) is 8.09. The summed E-state index contributed by atoms with van der Waals surface area (Å²) in [5, 5.41) is 8.56. The second kappa shape index (κ2) is 4.72.